The van der Waals surface area contributed by atoms with Gasteiger partial charge in [-0.2, -0.15) is 4.98 Å². The summed E-state index contributed by atoms with van der Waals surface area (Å²) in [7, 11) is 1.86. The van der Waals surface area contributed by atoms with Crippen molar-refractivity contribution in [3.05, 3.63) is 29.2 Å². The maximum atomic E-state index is 11.7. The summed E-state index contributed by atoms with van der Waals surface area (Å²) in [5.41, 5.74) is 1.45. The van der Waals surface area contributed by atoms with Gasteiger partial charge in [0.05, 0.1) is 25.0 Å². The molecule has 2 aromatic rings. The van der Waals surface area contributed by atoms with Crippen LogP contribution in [0.25, 0.3) is 0 Å². The zero-order chi connectivity index (χ0) is 19.0. The number of nitrogens with zero attached hydrogens (tertiary/aromatic N) is 4. The highest BCUT2D eigenvalue weighted by Crippen LogP contribution is 2.33. The van der Waals surface area contributed by atoms with Crippen molar-refractivity contribution >= 4 is 35.0 Å². The summed E-state index contributed by atoms with van der Waals surface area (Å²) in [5.74, 6) is 2.52. The van der Waals surface area contributed by atoms with Gasteiger partial charge in [0, 0.05) is 13.1 Å². The van der Waals surface area contributed by atoms with E-state index in [1.54, 1.807) is 12.3 Å². The first-order chi connectivity index (χ1) is 13.0. The third-order valence-electron chi connectivity index (χ3n) is 4.83. The number of carbonyl (C=O) groups is 1. The largest absolute Gasteiger partial charge is 0.492 e. The highest BCUT2D eigenvalue weighted by atomic mass is 35.5. The summed E-state index contributed by atoms with van der Waals surface area (Å²) in [6.45, 7) is 2.83. The zero-order valence-corrected chi connectivity index (χ0v) is 16.0. The van der Waals surface area contributed by atoms with Crippen LogP contribution in [0.5, 0.6) is 5.75 Å². The lowest BCUT2D eigenvalue weighted by Crippen LogP contribution is -2.40. The molecule has 1 aliphatic carbocycles. The van der Waals surface area contributed by atoms with Gasteiger partial charge in [0.2, 0.25) is 11.9 Å². The molecule has 0 bridgehead atoms. The minimum Gasteiger partial charge on any atom is -0.492 e. The molecule has 0 radical (unpaired) electrons. The van der Waals surface area contributed by atoms with E-state index in [1.165, 1.54) is 0 Å². The Morgan fingerprint density at radius 1 is 1.37 bits per heavy atom. The summed E-state index contributed by atoms with van der Waals surface area (Å²) >= 11 is 5.77. The molecule has 9 heteroatoms. The molecule has 2 aromatic heterocycles. The lowest BCUT2D eigenvalue weighted by Gasteiger charge is -2.36. The van der Waals surface area contributed by atoms with Gasteiger partial charge in [0.15, 0.2) is 5.82 Å². The van der Waals surface area contributed by atoms with Gasteiger partial charge in [-0.25, -0.2) is 9.97 Å². The fourth-order valence-electron chi connectivity index (χ4n) is 3.35. The Bertz CT molecular complexity index is 854. The molecule has 0 unspecified atom stereocenters. The van der Waals surface area contributed by atoms with Crippen molar-refractivity contribution in [2.24, 2.45) is 5.92 Å². The molecule has 0 atom stereocenters. The highest BCUT2D eigenvalue weighted by Gasteiger charge is 2.31. The number of fused-ring (bicyclic) bond motifs is 1. The Morgan fingerprint density at radius 2 is 2.19 bits per heavy atom. The predicted molar refractivity (Wildman–Crippen MR) is 104 cm³/mol. The number of ether oxygens (including phenoxy) is 1. The number of aromatic nitrogens is 3. The average molecular weight is 389 g/mol. The van der Waals surface area contributed by atoms with Crippen molar-refractivity contribution < 1.29 is 9.53 Å². The molecular formula is C18H21ClN6O2. The van der Waals surface area contributed by atoms with Gasteiger partial charge in [-0.1, -0.05) is 11.6 Å². The van der Waals surface area contributed by atoms with Gasteiger partial charge >= 0.3 is 0 Å². The number of anilines is 3. The fraction of sp³-hybridized carbons (Fsp3) is 0.444. The first-order valence-electron chi connectivity index (χ1n) is 8.88. The Balaban J connectivity index is 1.31. The van der Waals surface area contributed by atoms with Crippen LogP contribution in [0.1, 0.15) is 18.5 Å². The van der Waals surface area contributed by atoms with Crippen LogP contribution in [-0.2, 0) is 4.79 Å². The molecule has 1 aliphatic heterocycles. The molecular weight excluding hydrogens is 368 g/mol. The number of carbonyl (C=O) groups excluding carboxylic acids is 1. The normalized spacial score (nSPS) is 21.1. The number of nitrogens with one attached hydrogen (secondary N) is 2. The number of pyridine rings is 1. The van der Waals surface area contributed by atoms with Gasteiger partial charge < -0.3 is 20.3 Å². The minimum atomic E-state index is -0.0462. The number of amides is 1. The number of rotatable bonds is 5. The molecule has 8 nitrogen and oxygen atoms in total. The van der Waals surface area contributed by atoms with Crippen LogP contribution in [0.15, 0.2) is 18.3 Å². The zero-order valence-electron chi connectivity index (χ0n) is 15.2. The topological polar surface area (TPSA) is 92.3 Å². The van der Waals surface area contributed by atoms with Crippen LogP contribution in [0.3, 0.4) is 0 Å². The lowest BCUT2D eigenvalue weighted by atomic mass is 9.81. The molecule has 4 rings (SSSR count). The summed E-state index contributed by atoms with van der Waals surface area (Å²) in [4.78, 5) is 26.6. The van der Waals surface area contributed by atoms with Crippen LogP contribution in [0, 0.1) is 12.8 Å². The maximum absolute atomic E-state index is 11.7. The second kappa shape index (κ2) is 7.19. The van der Waals surface area contributed by atoms with E-state index in [4.69, 9.17) is 16.3 Å². The van der Waals surface area contributed by atoms with Gasteiger partial charge in [0.25, 0.3) is 0 Å². The minimum absolute atomic E-state index is 0.0462. The van der Waals surface area contributed by atoms with E-state index in [2.05, 4.69) is 25.6 Å². The number of hydrogen-bond donors (Lipinski definition) is 2. The quantitative estimate of drug-likeness (QED) is 0.760. The summed E-state index contributed by atoms with van der Waals surface area (Å²) in [5, 5.41) is 6.70. The number of likely N-dealkylation sites (N-methyl/N-ethyl adjacent to an activating group) is 1. The van der Waals surface area contributed by atoms with E-state index >= 15 is 0 Å². The van der Waals surface area contributed by atoms with Crippen LogP contribution >= 0.6 is 11.6 Å². The summed E-state index contributed by atoms with van der Waals surface area (Å²) in [6, 6.07) is 3.86. The third kappa shape index (κ3) is 3.90. The van der Waals surface area contributed by atoms with Gasteiger partial charge in [-0.3, -0.25) is 4.79 Å². The van der Waals surface area contributed by atoms with E-state index in [-0.39, 0.29) is 5.91 Å². The number of aryl methyl sites for hydroxylation is 1. The van der Waals surface area contributed by atoms with Crippen molar-refractivity contribution in [3.63, 3.8) is 0 Å². The molecule has 0 aromatic carbocycles. The summed E-state index contributed by atoms with van der Waals surface area (Å²) < 4.78 is 5.75. The molecule has 2 aliphatic rings. The van der Waals surface area contributed by atoms with Crippen LogP contribution in [0.4, 0.5) is 17.5 Å². The molecule has 0 spiro atoms. The second-order valence-corrected chi connectivity index (χ2v) is 7.43. The van der Waals surface area contributed by atoms with Crippen molar-refractivity contribution in [2.45, 2.75) is 25.8 Å². The second-order valence-electron chi connectivity index (χ2n) is 7.04. The molecule has 1 saturated carbocycles. The standard InChI is InChI=1S/C18H21ClN6O2/c1-10-16-17(25(2)8-15(26)23-16)24-18(21-10)22-12-5-11(6-12)9-27-13-3-4-14(19)20-7-13/h3-4,7,11-12H,5-6,8-9H2,1-2H3,(H,23,26)(H,21,22,24). The van der Waals surface area contributed by atoms with Crippen LogP contribution in [0.2, 0.25) is 5.15 Å². The third-order valence-corrected chi connectivity index (χ3v) is 5.06. The van der Waals surface area contributed by atoms with Gasteiger partial charge in [0.1, 0.15) is 16.6 Å². The van der Waals surface area contributed by atoms with Gasteiger partial charge in [-0.15, -0.1) is 0 Å². The van der Waals surface area contributed by atoms with E-state index in [1.807, 2.05) is 24.9 Å². The Hall–Kier alpha value is -2.61. The molecule has 1 amide bonds. The van der Waals surface area contributed by atoms with E-state index < -0.39 is 0 Å². The van der Waals surface area contributed by atoms with E-state index in [9.17, 15) is 4.79 Å². The molecule has 142 valence electrons. The van der Waals surface area contributed by atoms with E-state index in [0.29, 0.717) is 41.9 Å². The molecule has 0 saturated heterocycles. The number of halogens is 1. The maximum Gasteiger partial charge on any atom is 0.244 e. The predicted octanol–water partition coefficient (Wildman–Crippen LogP) is 2.49. The Kier molecular flexibility index (Phi) is 4.73. The van der Waals surface area contributed by atoms with Crippen molar-refractivity contribution in [2.75, 3.05) is 35.7 Å². The average Bonchev–Trinajstić information content (AvgIpc) is 2.59. The monoisotopic (exact) mass is 388 g/mol. The van der Waals surface area contributed by atoms with Crippen molar-refractivity contribution in [1.29, 1.82) is 0 Å². The SMILES string of the molecule is Cc1nc(NC2CC(COc3ccc(Cl)nc3)C2)nc2c1NC(=O)CN2C. The molecule has 2 N–H and O–H groups in total. The molecule has 27 heavy (non-hydrogen) atoms. The molecule has 3 heterocycles. The van der Waals surface area contributed by atoms with Crippen LogP contribution in [-0.4, -0.2) is 47.1 Å². The van der Waals surface area contributed by atoms with Crippen LogP contribution < -0.4 is 20.3 Å². The van der Waals surface area contributed by atoms with E-state index in [0.717, 1.165) is 30.1 Å². The Morgan fingerprint density at radius 3 is 2.93 bits per heavy atom. The fourth-order valence-corrected chi connectivity index (χ4v) is 3.46. The Labute approximate surface area is 162 Å². The first kappa shape index (κ1) is 17.8. The van der Waals surface area contributed by atoms with Crippen molar-refractivity contribution in [1.82, 2.24) is 15.0 Å². The highest BCUT2D eigenvalue weighted by molar-refractivity contribution is 6.29. The first-order valence-corrected chi connectivity index (χ1v) is 9.26. The molecule has 1 fully saturated rings. The summed E-state index contributed by atoms with van der Waals surface area (Å²) in [6.07, 6.45) is 3.62. The van der Waals surface area contributed by atoms with Gasteiger partial charge in [-0.05, 0) is 37.8 Å². The number of hydrogen-bond acceptors (Lipinski definition) is 7. The lowest BCUT2D eigenvalue weighted by molar-refractivity contribution is -0.115. The smallest absolute Gasteiger partial charge is 0.244 e. The van der Waals surface area contributed by atoms with Crippen molar-refractivity contribution in [3.8, 4) is 5.75 Å².